The standard InChI is InChI=1S/C16H16N2O/c1-11-3-6-13(7-4-11)16-14(10-19)18-9-12(2)5-8-15(18)17-16/h3-9,19H,10H2,1-2H3. The fourth-order valence-electron chi connectivity index (χ4n) is 2.29. The summed E-state index contributed by atoms with van der Waals surface area (Å²) in [5.41, 5.74) is 5.96. The van der Waals surface area contributed by atoms with Crippen LogP contribution < -0.4 is 0 Å². The molecule has 2 heterocycles. The highest BCUT2D eigenvalue weighted by molar-refractivity contribution is 5.66. The number of benzene rings is 1. The normalized spacial score (nSPS) is 11.1. The van der Waals surface area contributed by atoms with Gasteiger partial charge in [-0.3, -0.25) is 0 Å². The smallest absolute Gasteiger partial charge is 0.137 e. The van der Waals surface area contributed by atoms with Crippen LogP contribution in [-0.2, 0) is 6.61 Å². The van der Waals surface area contributed by atoms with E-state index in [9.17, 15) is 5.11 Å². The highest BCUT2D eigenvalue weighted by Gasteiger charge is 2.12. The second-order valence-electron chi connectivity index (χ2n) is 4.87. The minimum atomic E-state index is -0.0200. The van der Waals surface area contributed by atoms with Gasteiger partial charge in [0.05, 0.1) is 18.0 Å². The Morgan fingerprint density at radius 1 is 1.00 bits per heavy atom. The van der Waals surface area contributed by atoms with Crippen molar-refractivity contribution in [3.05, 3.63) is 59.4 Å². The van der Waals surface area contributed by atoms with Gasteiger partial charge in [-0.15, -0.1) is 0 Å². The first-order valence-corrected chi connectivity index (χ1v) is 6.34. The zero-order valence-electron chi connectivity index (χ0n) is 11.1. The lowest BCUT2D eigenvalue weighted by atomic mass is 10.1. The fourth-order valence-corrected chi connectivity index (χ4v) is 2.29. The molecule has 0 fully saturated rings. The summed E-state index contributed by atoms with van der Waals surface area (Å²) in [6.07, 6.45) is 2.01. The lowest BCUT2D eigenvalue weighted by Gasteiger charge is -2.03. The largest absolute Gasteiger partial charge is 0.390 e. The summed E-state index contributed by atoms with van der Waals surface area (Å²) in [4.78, 5) is 4.63. The van der Waals surface area contributed by atoms with E-state index < -0.39 is 0 Å². The Kier molecular flexibility index (Phi) is 2.84. The van der Waals surface area contributed by atoms with Crippen LogP contribution in [0.3, 0.4) is 0 Å². The van der Waals surface area contributed by atoms with E-state index in [1.54, 1.807) is 0 Å². The van der Waals surface area contributed by atoms with E-state index in [2.05, 4.69) is 24.0 Å². The molecule has 2 aromatic heterocycles. The maximum Gasteiger partial charge on any atom is 0.137 e. The van der Waals surface area contributed by atoms with Gasteiger partial charge in [-0.05, 0) is 25.5 Å². The first kappa shape index (κ1) is 11.9. The number of aliphatic hydroxyl groups excluding tert-OH is 1. The second kappa shape index (κ2) is 4.52. The first-order valence-electron chi connectivity index (χ1n) is 6.34. The molecule has 0 spiro atoms. The van der Waals surface area contributed by atoms with E-state index in [1.807, 2.05) is 41.8 Å². The number of pyridine rings is 1. The maximum atomic E-state index is 9.65. The third-order valence-corrected chi connectivity index (χ3v) is 3.34. The number of nitrogens with zero attached hydrogens (tertiary/aromatic N) is 2. The first-order chi connectivity index (χ1) is 9.19. The van der Waals surface area contributed by atoms with E-state index in [4.69, 9.17) is 0 Å². The van der Waals surface area contributed by atoms with Crippen LogP contribution in [0.2, 0.25) is 0 Å². The predicted molar refractivity (Wildman–Crippen MR) is 76.0 cm³/mol. The molecule has 0 atom stereocenters. The Morgan fingerprint density at radius 2 is 1.68 bits per heavy atom. The molecule has 19 heavy (non-hydrogen) atoms. The van der Waals surface area contributed by atoms with Crippen LogP contribution in [0.1, 0.15) is 16.8 Å². The molecule has 0 amide bonds. The van der Waals surface area contributed by atoms with Gasteiger partial charge in [0.25, 0.3) is 0 Å². The highest BCUT2D eigenvalue weighted by Crippen LogP contribution is 2.25. The number of fused-ring (bicyclic) bond motifs is 1. The topological polar surface area (TPSA) is 37.5 Å². The summed E-state index contributed by atoms with van der Waals surface area (Å²) in [6, 6.07) is 12.2. The van der Waals surface area contributed by atoms with Crippen LogP contribution >= 0.6 is 0 Å². The summed E-state index contributed by atoms with van der Waals surface area (Å²) in [7, 11) is 0. The van der Waals surface area contributed by atoms with Crippen molar-refractivity contribution in [1.29, 1.82) is 0 Å². The Labute approximate surface area is 112 Å². The van der Waals surface area contributed by atoms with Crippen LogP contribution in [0.15, 0.2) is 42.6 Å². The number of rotatable bonds is 2. The average Bonchev–Trinajstić information content (AvgIpc) is 2.77. The molecular formula is C16H16N2O. The van der Waals surface area contributed by atoms with E-state index in [1.165, 1.54) is 5.56 Å². The van der Waals surface area contributed by atoms with E-state index in [0.717, 1.165) is 28.2 Å². The number of imidazole rings is 1. The molecule has 0 unspecified atom stereocenters. The van der Waals surface area contributed by atoms with E-state index in [0.29, 0.717) is 0 Å². The van der Waals surface area contributed by atoms with Gasteiger partial charge in [-0.1, -0.05) is 35.9 Å². The Balaban J connectivity index is 2.25. The molecule has 96 valence electrons. The lowest BCUT2D eigenvalue weighted by Crippen LogP contribution is -1.94. The number of aliphatic hydroxyl groups is 1. The Hall–Kier alpha value is -2.13. The van der Waals surface area contributed by atoms with Crippen molar-refractivity contribution in [2.24, 2.45) is 0 Å². The number of hydrogen-bond acceptors (Lipinski definition) is 2. The van der Waals surface area contributed by atoms with Crippen LogP contribution in [0.4, 0.5) is 0 Å². The summed E-state index contributed by atoms with van der Waals surface area (Å²) in [6.45, 7) is 4.07. The average molecular weight is 252 g/mol. The van der Waals surface area contributed by atoms with Crippen molar-refractivity contribution < 1.29 is 5.11 Å². The maximum absolute atomic E-state index is 9.65. The minimum Gasteiger partial charge on any atom is -0.390 e. The molecule has 0 aliphatic rings. The molecule has 0 bridgehead atoms. The molecule has 1 N–H and O–H groups in total. The fraction of sp³-hybridized carbons (Fsp3) is 0.188. The van der Waals surface area contributed by atoms with Crippen LogP contribution in [0.25, 0.3) is 16.9 Å². The van der Waals surface area contributed by atoms with E-state index >= 15 is 0 Å². The van der Waals surface area contributed by atoms with Crippen molar-refractivity contribution in [1.82, 2.24) is 9.38 Å². The van der Waals surface area contributed by atoms with Gasteiger partial charge in [0.2, 0.25) is 0 Å². The molecule has 3 aromatic rings. The molecule has 3 heteroatoms. The zero-order valence-corrected chi connectivity index (χ0v) is 11.1. The van der Waals surface area contributed by atoms with Crippen molar-refractivity contribution in [3.63, 3.8) is 0 Å². The lowest BCUT2D eigenvalue weighted by molar-refractivity contribution is 0.276. The second-order valence-corrected chi connectivity index (χ2v) is 4.87. The van der Waals surface area contributed by atoms with Gasteiger partial charge in [0, 0.05) is 11.8 Å². The molecule has 0 saturated carbocycles. The minimum absolute atomic E-state index is 0.0200. The molecular weight excluding hydrogens is 236 g/mol. The number of hydrogen-bond donors (Lipinski definition) is 1. The number of aryl methyl sites for hydroxylation is 2. The van der Waals surface area contributed by atoms with Crippen LogP contribution in [-0.4, -0.2) is 14.5 Å². The van der Waals surface area contributed by atoms with Gasteiger partial charge >= 0.3 is 0 Å². The van der Waals surface area contributed by atoms with Crippen molar-refractivity contribution >= 4 is 5.65 Å². The van der Waals surface area contributed by atoms with Crippen molar-refractivity contribution in [3.8, 4) is 11.3 Å². The summed E-state index contributed by atoms with van der Waals surface area (Å²) >= 11 is 0. The van der Waals surface area contributed by atoms with Gasteiger partial charge in [0.15, 0.2) is 0 Å². The van der Waals surface area contributed by atoms with Gasteiger partial charge in [0.1, 0.15) is 5.65 Å². The third kappa shape index (κ3) is 2.02. The molecule has 0 saturated heterocycles. The summed E-state index contributed by atoms with van der Waals surface area (Å²) in [5.74, 6) is 0. The van der Waals surface area contributed by atoms with Crippen molar-refractivity contribution in [2.75, 3.05) is 0 Å². The number of aromatic nitrogens is 2. The van der Waals surface area contributed by atoms with E-state index in [-0.39, 0.29) is 6.61 Å². The monoisotopic (exact) mass is 252 g/mol. The third-order valence-electron chi connectivity index (χ3n) is 3.34. The summed E-state index contributed by atoms with van der Waals surface area (Å²) < 4.78 is 1.96. The molecule has 0 aliphatic heterocycles. The molecule has 1 aromatic carbocycles. The molecule has 0 radical (unpaired) electrons. The molecule has 0 aliphatic carbocycles. The van der Waals surface area contributed by atoms with Gasteiger partial charge < -0.3 is 9.51 Å². The van der Waals surface area contributed by atoms with Gasteiger partial charge in [-0.2, -0.15) is 0 Å². The zero-order chi connectivity index (χ0) is 13.4. The quantitative estimate of drug-likeness (QED) is 0.761. The molecule has 3 nitrogen and oxygen atoms in total. The molecule has 3 rings (SSSR count). The Bertz CT molecular complexity index is 726. The predicted octanol–water partition coefficient (Wildman–Crippen LogP) is 3.11. The highest BCUT2D eigenvalue weighted by atomic mass is 16.3. The summed E-state index contributed by atoms with van der Waals surface area (Å²) in [5, 5.41) is 9.65. The van der Waals surface area contributed by atoms with Crippen molar-refractivity contribution in [2.45, 2.75) is 20.5 Å². The van der Waals surface area contributed by atoms with Crippen LogP contribution in [0.5, 0.6) is 0 Å². The SMILES string of the molecule is Cc1ccc(-c2nc3ccc(C)cn3c2CO)cc1. The Morgan fingerprint density at radius 3 is 2.37 bits per heavy atom. The van der Waals surface area contributed by atoms with Gasteiger partial charge in [-0.25, -0.2) is 4.98 Å². The van der Waals surface area contributed by atoms with Crippen LogP contribution in [0, 0.1) is 13.8 Å².